The molecule has 0 aliphatic heterocycles. The minimum absolute atomic E-state index is 0.0322. The number of carbonyl (C=O) groups is 1. The highest BCUT2D eigenvalue weighted by Crippen LogP contribution is 2.20. The summed E-state index contributed by atoms with van der Waals surface area (Å²) in [6.07, 6.45) is 1.37. The van der Waals surface area contributed by atoms with Crippen molar-refractivity contribution in [3.8, 4) is 11.5 Å². The summed E-state index contributed by atoms with van der Waals surface area (Å²) in [7, 11) is 0. The van der Waals surface area contributed by atoms with Crippen LogP contribution in [0.5, 0.6) is 0 Å². The van der Waals surface area contributed by atoms with Gasteiger partial charge in [0.2, 0.25) is 0 Å². The number of carboxylic acid groups (broad SMARTS) is 1. The number of aryl methyl sites for hydroxylation is 1. The average molecular weight is 243 g/mol. The molecule has 0 saturated carbocycles. The standard InChI is InChI=1S/C12H9N3O3/c1-7-2-4-10(18-7)8-3-5-11-13-9(12(16)17)6-15(11)14-8/h2-6H,1H3,(H,16,17). The number of aromatic carboxylic acids is 1. The third-order valence-corrected chi connectivity index (χ3v) is 2.53. The summed E-state index contributed by atoms with van der Waals surface area (Å²) in [5.41, 5.74) is 1.08. The van der Waals surface area contributed by atoms with Gasteiger partial charge in [0.05, 0.1) is 6.20 Å². The third kappa shape index (κ3) is 1.64. The smallest absolute Gasteiger partial charge is 0.356 e. The van der Waals surface area contributed by atoms with E-state index in [1.807, 2.05) is 19.1 Å². The van der Waals surface area contributed by atoms with Gasteiger partial charge < -0.3 is 9.52 Å². The Bertz CT molecular complexity index is 742. The van der Waals surface area contributed by atoms with Crippen LogP contribution in [-0.2, 0) is 0 Å². The summed E-state index contributed by atoms with van der Waals surface area (Å²) in [4.78, 5) is 14.7. The van der Waals surface area contributed by atoms with Gasteiger partial charge in [-0.05, 0) is 31.2 Å². The van der Waals surface area contributed by atoms with Crippen molar-refractivity contribution in [3.63, 3.8) is 0 Å². The molecule has 90 valence electrons. The highest BCUT2D eigenvalue weighted by molar-refractivity contribution is 5.86. The number of carboxylic acids is 1. The number of nitrogens with zero attached hydrogens (tertiary/aromatic N) is 3. The minimum Gasteiger partial charge on any atom is -0.476 e. The van der Waals surface area contributed by atoms with Gasteiger partial charge in [0.15, 0.2) is 17.1 Å². The molecular formula is C12H9N3O3. The first-order valence-corrected chi connectivity index (χ1v) is 5.30. The fourth-order valence-corrected chi connectivity index (χ4v) is 1.69. The van der Waals surface area contributed by atoms with Gasteiger partial charge in [0.1, 0.15) is 11.5 Å². The summed E-state index contributed by atoms with van der Waals surface area (Å²) in [6.45, 7) is 1.85. The van der Waals surface area contributed by atoms with Crippen molar-refractivity contribution in [1.29, 1.82) is 0 Å². The number of aromatic nitrogens is 3. The number of hydrogen-bond donors (Lipinski definition) is 1. The van der Waals surface area contributed by atoms with E-state index >= 15 is 0 Å². The van der Waals surface area contributed by atoms with Crippen LogP contribution in [-0.4, -0.2) is 25.7 Å². The zero-order chi connectivity index (χ0) is 12.7. The Morgan fingerprint density at radius 1 is 1.33 bits per heavy atom. The molecule has 0 bridgehead atoms. The second-order valence-electron chi connectivity index (χ2n) is 3.86. The average Bonchev–Trinajstić information content (AvgIpc) is 2.93. The van der Waals surface area contributed by atoms with Gasteiger partial charge in [-0.15, -0.1) is 0 Å². The van der Waals surface area contributed by atoms with E-state index in [4.69, 9.17) is 9.52 Å². The van der Waals surface area contributed by atoms with Crippen molar-refractivity contribution in [2.75, 3.05) is 0 Å². The van der Waals surface area contributed by atoms with Gasteiger partial charge in [0.25, 0.3) is 0 Å². The SMILES string of the molecule is Cc1ccc(-c2ccc3nc(C(=O)O)cn3n2)o1. The molecule has 3 heterocycles. The van der Waals surface area contributed by atoms with Crippen LogP contribution in [0.25, 0.3) is 17.1 Å². The molecule has 3 rings (SSSR count). The normalized spacial score (nSPS) is 10.9. The quantitative estimate of drug-likeness (QED) is 0.744. The van der Waals surface area contributed by atoms with Gasteiger partial charge in [-0.3, -0.25) is 0 Å². The number of furan rings is 1. The van der Waals surface area contributed by atoms with Gasteiger partial charge in [-0.2, -0.15) is 5.10 Å². The molecule has 0 aromatic carbocycles. The topological polar surface area (TPSA) is 80.6 Å². The van der Waals surface area contributed by atoms with Crippen molar-refractivity contribution in [3.05, 3.63) is 41.9 Å². The first-order chi connectivity index (χ1) is 8.63. The highest BCUT2D eigenvalue weighted by atomic mass is 16.4. The van der Waals surface area contributed by atoms with E-state index in [1.54, 1.807) is 12.1 Å². The van der Waals surface area contributed by atoms with E-state index in [0.717, 1.165) is 5.76 Å². The van der Waals surface area contributed by atoms with E-state index in [1.165, 1.54) is 10.7 Å². The van der Waals surface area contributed by atoms with Crippen molar-refractivity contribution in [2.24, 2.45) is 0 Å². The summed E-state index contributed by atoms with van der Waals surface area (Å²) in [5, 5.41) is 13.1. The maximum Gasteiger partial charge on any atom is 0.356 e. The maximum absolute atomic E-state index is 10.8. The Kier molecular flexibility index (Phi) is 2.16. The molecule has 0 aliphatic carbocycles. The summed E-state index contributed by atoms with van der Waals surface area (Å²) < 4.78 is 6.89. The lowest BCUT2D eigenvalue weighted by atomic mass is 10.3. The Balaban J connectivity index is 2.13. The van der Waals surface area contributed by atoms with Crippen LogP contribution in [0.4, 0.5) is 0 Å². The van der Waals surface area contributed by atoms with Crippen LogP contribution in [0.15, 0.2) is 34.9 Å². The number of hydrogen-bond acceptors (Lipinski definition) is 4. The van der Waals surface area contributed by atoms with Crippen LogP contribution in [0.3, 0.4) is 0 Å². The monoisotopic (exact) mass is 243 g/mol. The van der Waals surface area contributed by atoms with E-state index in [9.17, 15) is 4.79 Å². The van der Waals surface area contributed by atoms with E-state index < -0.39 is 5.97 Å². The second kappa shape index (κ2) is 3.69. The molecule has 6 heteroatoms. The fraction of sp³-hybridized carbons (Fsp3) is 0.0833. The largest absolute Gasteiger partial charge is 0.476 e. The molecule has 0 unspecified atom stereocenters. The summed E-state index contributed by atoms with van der Waals surface area (Å²) in [5.74, 6) is 0.361. The van der Waals surface area contributed by atoms with Crippen molar-refractivity contribution in [1.82, 2.24) is 14.6 Å². The lowest BCUT2D eigenvalue weighted by molar-refractivity contribution is 0.0691. The molecule has 0 atom stereocenters. The van der Waals surface area contributed by atoms with Gasteiger partial charge in [-0.25, -0.2) is 14.3 Å². The van der Waals surface area contributed by atoms with Crippen LogP contribution in [0.2, 0.25) is 0 Å². The molecule has 0 radical (unpaired) electrons. The zero-order valence-corrected chi connectivity index (χ0v) is 9.49. The molecule has 1 N–H and O–H groups in total. The molecule has 6 nitrogen and oxygen atoms in total. The first kappa shape index (κ1) is 10.5. The van der Waals surface area contributed by atoms with Gasteiger partial charge in [-0.1, -0.05) is 0 Å². The highest BCUT2D eigenvalue weighted by Gasteiger charge is 2.11. The summed E-state index contributed by atoms with van der Waals surface area (Å²) >= 11 is 0. The Morgan fingerprint density at radius 3 is 2.83 bits per heavy atom. The molecule has 0 fully saturated rings. The molecular weight excluding hydrogens is 234 g/mol. The van der Waals surface area contributed by atoms with Crippen LogP contribution in [0.1, 0.15) is 16.2 Å². The molecule has 0 amide bonds. The number of rotatable bonds is 2. The molecule has 0 spiro atoms. The Morgan fingerprint density at radius 2 is 2.17 bits per heavy atom. The van der Waals surface area contributed by atoms with Crippen molar-refractivity contribution >= 4 is 11.6 Å². The van der Waals surface area contributed by atoms with Crippen LogP contribution < -0.4 is 0 Å². The van der Waals surface area contributed by atoms with Crippen molar-refractivity contribution < 1.29 is 14.3 Å². The summed E-state index contributed by atoms with van der Waals surface area (Å²) in [6, 6.07) is 7.11. The number of imidazole rings is 1. The van der Waals surface area contributed by atoms with E-state index in [-0.39, 0.29) is 5.69 Å². The lowest BCUT2D eigenvalue weighted by Gasteiger charge is -1.96. The third-order valence-electron chi connectivity index (χ3n) is 2.53. The second-order valence-corrected chi connectivity index (χ2v) is 3.86. The maximum atomic E-state index is 10.8. The minimum atomic E-state index is -1.07. The predicted octanol–water partition coefficient (Wildman–Crippen LogP) is 2.00. The van der Waals surface area contributed by atoms with E-state index in [0.29, 0.717) is 17.1 Å². The molecule has 18 heavy (non-hydrogen) atoms. The Hall–Kier alpha value is -2.63. The molecule has 0 saturated heterocycles. The lowest BCUT2D eigenvalue weighted by Crippen LogP contribution is -1.95. The molecule has 3 aromatic heterocycles. The Labute approximate surface area is 101 Å². The van der Waals surface area contributed by atoms with Gasteiger partial charge >= 0.3 is 5.97 Å². The predicted molar refractivity (Wildman–Crippen MR) is 62.4 cm³/mol. The molecule has 3 aromatic rings. The van der Waals surface area contributed by atoms with Crippen LogP contribution in [0, 0.1) is 6.92 Å². The molecule has 0 aliphatic rings. The van der Waals surface area contributed by atoms with Crippen LogP contribution >= 0.6 is 0 Å². The van der Waals surface area contributed by atoms with Gasteiger partial charge in [0, 0.05) is 0 Å². The zero-order valence-electron chi connectivity index (χ0n) is 9.49. The number of fused-ring (bicyclic) bond motifs is 1. The first-order valence-electron chi connectivity index (χ1n) is 5.30. The van der Waals surface area contributed by atoms with Crippen molar-refractivity contribution in [2.45, 2.75) is 6.92 Å². The van der Waals surface area contributed by atoms with E-state index in [2.05, 4.69) is 10.1 Å². The fourth-order valence-electron chi connectivity index (χ4n) is 1.69.